The SMILES string of the molecule is COc1cccc(-c2nnc(CS(=O)(=O)[C@@H](C)[C@H](OC)c3ncc(Cl)cn3)n2[C@H]2CCCC[C@@H]2C)n1. The highest BCUT2D eigenvalue weighted by Gasteiger charge is 2.36. The minimum atomic E-state index is -3.75. The summed E-state index contributed by atoms with van der Waals surface area (Å²) in [6, 6.07) is 5.48. The molecule has 4 rings (SSSR count). The van der Waals surface area contributed by atoms with Crippen molar-refractivity contribution in [1.82, 2.24) is 29.7 Å². The lowest BCUT2D eigenvalue weighted by Gasteiger charge is -2.32. The Kier molecular flexibility index (Phi) is 8.21. The van der Waals surface area contributed by atoms with E-state index in [0.717, 1.165) is 25.7 Å². The standard InChI is InChI=1S/C24H31ClN6O4S/c1-15-8-5-6-10-19(15)31-20(29-30-24(31)18-9-7-11-21(28-18)34-3)14-36(32,33)16(2)22(35-4)23-26-12-17(25)13-27-23/h7,9,11-13,15-16,19,22H,5-6,8,10,14H2,1-4H3/t15-,16-,19-,22-/m0/s1. The van der Waals surface area contributed by atoms with Gasteiger partial charge >= 0.3 is 0 Å². The lowest BCUT2D eigenvalue weighted by atomic mass is 9.85. The Morgan fingerprint density at radius 2 is 1.86 bits per heavy atom. The van der Waals surface area contributed by atoms with Gasteiger partial charge in [-0.05, 0) is 31.7 Å². The van der Waals surface area contributed by atoms with Crippen LogP contribution in [0.3, 0.4) is 0 Å². The predicted octanol–water partition coefficient (Wildman–Crippen LogP) is 4.23. The Morgan fingerprint density at radius 3 is 2.53 bits per heavy atom. The van der Waals surface area contributed by atoms with E-state index in [0.29, 0.717) is 34.2 Å². The van der Waals surface area contributed by atoms with Gasteiger partial charge in [0.15, 0.2) is 21.5 Å². The van der Waals surface area contributed by atoms with Crippen molar-refractivity contribution >= 4 is 21.4 Å². The van der Waals surface area contributed by atoms with Gasteiger partial charge in [0.05, 0.1) is 17.4 Å². The number of nitrogens with zero attached hydrogens (tertiary/aromatic N) is 6. The minimum Gasteiger partial charge on any atom is -0.481 e. The highest BCUT2D eigenvalue weighted by atomic mass is 35.5. The second kappa shape index (κ2) is 11.2. The fraction of sp³-hybridized carbons (Fsp3) is 0.542. The van der Waals surface area contributed by atoms with Crippen LogP contribution in [0, 0.1) is 5.92 Å². The van der Waals surface area contributed by atoms with Gasteiger partial charge < -0.3 is 14.0 Å². The molecule has 194 valence electrons. The van der Waals surface area contributed by atoms with E-state index in [2.05, 4.69) is 32.1 Å². The third-order valence-corrected chi connectivity index (χ3v) is 9.03. The zero-order chi connectivity index (χ0) is 25.9. The van der Waals surface area contributed by atoms with Gasteiger partial charge in [0.2, 0.25) is 5.88 Å². The first-order chi connectivity index (χ1) is 17.2. The first-order valence-electron chi connectivity index (χ1n) is 11.9. The number of pyridine rings is 1. The molecule has 0 N–H and O–H groups in total. The molecule has 4 atom stereocenters. The molecule has 0 saturated heterocycles. The zero-order valence-corrected chi connectivity index (χ0v) is 22.4. The maximum atomic E-state index is 13.6. The van der Waals surface area contributed by atoms with Crippen molar-refractivity contribution < 1.29 is 17.9 Å². The molecule has 10 nitrogen and oxygen atoms in total. The number of hydrogen-bond donors (Lipinski definition) is 0. The zero-order valence-electron chi connectivity index (χ0n) is 20.8. The van der Waals surface area contributed by atoms with Gasteiger partial charge in [-0.15, -0.1) is 10.2 Å². The van der Waals surface area contributed by atoms with E-state index in [9.17, 15) is 8.42 Å². The molecule has 0 unspecified atom stereocenters. The highest BCUT2D eigenvalue weighted by molar-refractivity contribution is 7.91. The molecule has 0 aromatic carbocycles. The summed E-state index contributed by atoms with van der Waals surface area (Å²) >= 11 is 5.90. The number of ether oxygens (including phenoxy) is 2. The fourth-order valence-electron chi connectivity index (χ4n) is 4.75. The summed E-state index contributed by atoms with van der Waals surface area (Å²) in [6.07, 6.45) is 6.15. The molecule has 0 bridgehead atoms. The van der Waals surface area contributed by atoms with E-state index in [-0.39, 0.29) is 17.6 Å². The number of halogens is 1. The van der Waals surface area contributed by atoms with Gasteiger partial charge in [-0.3, -0.25) is 0 Å². The summed E-state index contributed by atoms with van der Waals surface area (Å²) in [7, 11) is -0.760. The predicted molar refractivity (Wildman–Crippen MR) is 135 cm³/mol. The van der Waals surface area contributed by atoms with Crippen molar-refractivity contribution in [3.63, 3.8) is 0 Å². The van der Waals surface area contributed by atoms with E-state index in [1.54, 1.807) is 20.1 Å². The third kappa shape index (κ3) is 5.52. The Labute approximate surface area is 216 Å². The number of rotatable bonds is 9. The molecule has 0 aliphatic heterocycles. The third-order valence-electron chi connectivity index (χ3n) is 6.80. The molecule has 1 aliphatic rings. The summed E-state index contributed by atoms with van der Waals surface area (Å²) in [5.41, 5.74) is 0.584. The molecule has 3 aromatic rings. The van der Waals surface area contributed by atoms with E-state index >= 15 is 0 Å². The number of aromatic nitrogens is 6. The molecule has 0 radical (unpaired) electrons. The van der Waals surface area contributed by atoms with Crippen LogP contribution in [0.1, 0.15) is 63.3 Å². The summed E-state index contributed by atoms with van der Waals surface area (Å²) in [4.78, 5) is 12.9. The second-order valence-corrected chi connectivity index (χ2v) is 11.9. The van der Waals surface area contributed by atoms with Crippen LogP contribution in [-0.2, 0) is 20.3 Å². The van der Waals surface area contributed by atoms with Crippen LogP contribution in [0.5, 0.6) is 5.88 Å². The van der Waals surface area contributed by atoms with Gasteiger partial charge in [-0.2, -0.15) is 0 Å². The van der Waals surface area contributed by atoms with Crippen molar-refractivity contribution in [3.8, 4) is 17.4 Å². The molecule has 12 heteroatoms. The monoisotopic (exact) mass is 534 g/mol. The fourth-order valence-corrected chi connectivity index (χ4v) is 6.28. The molecule has 3 aromatic heterocycles. The Morgan fingerprint density at radius 1 is 1.14 bits per heavy atom. The smallest absolute Gasteiger partial charge is 0.213 e. The summed E-state index contributed by atoms with van der Waals surface area (Å²) in [6.45, 7) is 3.78. The largest absolute Gasteiger partial charge is 0.481 e. The highest BCUT2D eigenvalue weighted by Crippen LogP contribution is 2.37. The van der Waals surface area contributed by atoms with E-state index in [1.165, 1.54) is 19.5 Å². The van der Waals surface area contributed by atoms with Crippen LogP contribution in [-0.4, -0.2) is 57.6 Å². The van der Waals surface area contributed by atoms with Crippen LogP contribution < -0.4 is 4.74 Å². The molecule has 1 aliphatic carbocycles. The molecule has 0 amide bonds. The number of sulfone groups is 1. The van der Waals surface area contributed by atoms with Crippen LogP contribution in [0.2, 0.25) is 5.02 Å². The lowest BCUT2D eigenvalue weighted by Crippen LogP contribution is -2.31. The van der Waals surface area contributed by atoms with Crippen LogP contribution >= 0.6 is 11.6 Å². The molecule has 3 heterocycles. The summed E-state index contributed by atoms with van der Waals surface area (Å²) < 4.78 is 40.0. The molecule has 36 heavy (non-hydrogen) atoms. The first kappa shape index (κ1) is 26.4. The maximum absolute atomic E-state index is 13.6. The van der Waals surface area contributed by atoms with E-state index in [1.807, 2.05) is 16.7 Å². The molecular formula is C24H31ClN6O4S. The Hall–Kier alpha value is -2.63. The van der Waals surface area contributed by atoms with Crippen molar-refractivity contribution in [2.75, 3.05) is 14.2 Å². The lowest BCUT2D eigenvalue weighted by molar-refractivity contribution is 0.0948. The Balaban J connectivity index is 1.72. The molecule has 1 fully saturated rings. The van der Waals surface area contributed by atoms with Gasteiger partial charge in [-0.25, -0.2) is 23.4 Å². The van der Waals surface area contributed by atoms with Crippen molar-refractivity contribution in [2.24, 2.45) is 5.92 Å². The average molecular weight is 535 g/mol. The molecular weight excluding hydrogens is 504 g/mol. The van der Waals surface area contributed by atoms with Gasteiger partial charge in [-0.1, -0.05) is 37.4 Å². The topological polar surface area (TPSA) is 122 Å². The number of methoxy groups -OCH3 is 2. The Bertz CT molecular complexity index is 1280. The van der Waals surface area contributed by atoms with Gasteiger partial charge in [0.1, 0.15) is 23.4 Å². The van der Waals surface area contributed by atoms with Crippen LogP contribution in [0.4, 0.5) is 0 Å². The van der Waals surface area contributed by atoms with Crippen molar-refractivity contribution in [2.45, 2.75) is 62.7 Å². The van der Waals surface area contributed by atoms with Crippen molar-refractivity contribution in [3.05, 3.63) is 47.3 Å². The summed E-state index contributed by atoms with van der Waals surface area (Å²) in [5.74, 6) is 1.66. The minimum absolute atomic E-state index is 0.0649. The quantitative estimate of drug-likeness (QED) is 0.396. The van der Waals surface area contributed by atoms with Crippen LogP contribution in [0.25, 0.3) is 11.5 Å². The van der Waals surface area contributed by atoms with Crippen LogP contribution in [0.15, 0.2) is 30.6 Å². The van der Waals surface area contributed by atoms with E-state index in [4.69, 9.17) is 21.1 Å². The number of hydrogen-bond acceptors (Lipinski definition) is 9. The van der Waals surface area contributed by atoms with Crippen molar-refractivity contribution in [1.29, 1.82) is 0 Å². The van der Waals surface area contributed by atoms with Gasteiger partial charge in [0, 0.05) is 31.6 Å². The molecule has 0 spiro atoms. The average Bonchev–Trinajstić information content (AvgIpc) is 3.28. The van der Waals surface area contributed by atoms with Gasteiger partial charge in [0.25, 0.3) is 0 Å². The summed E-state index contributed by atoms with van der Waals surface area (Å²) in [5, 5.41) is 8.19. The normalized spacial score (nSPS) is 20.1. The van der Waals surface area contributed by atoms with E-state index < -0.39 is 21.2 Å². The molecule has 1 saturated carbocycles. The first-order valence-corrected chi connectivity index (χ1v) is 14.0. The second-order valence-electron chi connectivity index (χ2n) is 9.13. The maximum Gasteiger partial charge on any atom is 0.213 e.